The van der Waals surface area contributed by atoms with Crippen LogP contribution in [-0.2, 0) is 6.42 Å². The van der Waals surface area contributed by atoms with Crippen LogP contribution in [0.4, 0.5) is 0 Å². The van der Waals surface area contributed by atoms with Gasteiger partial charge in [-0.3, -0.25) is 4.99 Å². The van der Waals surface area contributed by atoms with Gasteiger partial charge in [-0.05, 0) is 24.0 Å². The van der Waals surface area contributed by atoms with Crippen LogP contribution in [0.15, 0.2) is 29.3 Å². The molecule has 1 aromatic carbocycles. The highest BCUT2D eigenvalue weighted by atomic mass is 32.2. The van der Waals surface area contributed by atoms with Crippen molar-refractivity contribution in [3.63, 3.8) is 0 Å². The Hall–Kier alpha value is -0.960. The minimum atomic E-state index is 0.526. The fourth-order valence-electron chi connectivity index (χ4n) is 3.15. The SMILES string of the molecule is c1ccc2c(c1)CC[C@H]1N=C3SCCN3[C@@H]21. The van der Waals surface area contributed by atoms with Gasteiger partial charge in [-0.15, -0.1) is 0 Å². The third-order valence-corrected chi connectivity index (χ3v) is 4.85. The van der Waals surface area contributed by atoms with Crippen LogP contribution < -0.4 is 0 Å². The van der Waals surface area contributed by atoms with E-state index in [1.807, 2.05) is 11.8 Å². The number of rotatable bonds is 0. The molecular formula is C13H14N2S. The van der Waals surface area contributed by atoms with E-state index < -0.39 is 0 Å². The Balaban J connectivity index is 1.83. The second-order valence-corrected chi connectivity index (χ2v) is 5.77. The highest BCUT2D eigenvalue weighted by Crippen LogP contribution is 2.44. The average Bonchev–Trinajstić information content (AvgIpc) is 2.88. The van der Waals surface area contributed by atoms with E-state index in [0.29, 0.717) is 12.1 Å². The summed E-state index contributed by atoms with van der Waals surface area (Å²) < 4.78 is 0. The van der Waals surface area contributed by atoms with Crippen molar-refractivity contribution < 1.29 is 0 Å². The summed E-state index contributed by atoms with van der Waals surface area (Å²) in [6, 6.07) is 9.99. The molecular weight excluding hydrogens is 216 g/mol. The van der Waals surface area contributed by atoms with Crippen molar-refractivity contribution in [1.29, 1.82) is 0 Å². The molecule has 0 aromatic heterocycles. The number of thioether (sulfide) groups is 1. The van der Waals surface area contributed by atoms with E-state index in [-0.39, 0.29) is 0 Å². The molecule has 16 heavy (non-hydrogen) atoms. The third-order valence-electron chi connectivity index (χ3n) is 3.87. The summed E-state index contributed by atoms with van der Waals surface area (Å²) in [6.45, 7) is 1.18. The molecule has 2 heterocycles. The molecule has 2 atom stereocenters. The van der Waals surface area contributed by atoms with Crippen LogP contribution in [0.3, 0.4) is 0 Å². The molecule has 0 saturated carbocycles. The molecule has 1 fully saturated rings. The van der Waals surface area contributed by atoms with Crippen LogP contribution in [0.25, 0.3) is 0 Å². The van der Waals surface area contributed by atoms with Crippen molar-refractivity contribution >= 4 is 16.9 Å². The predicted molar refractivity (Wildman–Crippen MR) is 67.9 cm³/mol. The molecule has 0 bridgehead atoms. The molecule has 3 aliphatic rings. The number of amidine groups is 1. The maximum Gasteiger partial charge on any atom is 0.160 e. The molecule has 0 unspecified atom stereocenters. The molecule has 0 spiro atoms. The Kier molecular flexibility index (Phi) is 1.86. The summed E-state index contributed by atoms with van der Waals surface area (Å²) in [7, 11) is 0. The monoisotopic (exact) mass is 230 g/mol. The van der Waals surface area contributed by atoms with Gasteiger partial charge in [0.2, 0.25) is 0 Å². The first-order chi connectivity index (χ1) is 7.93. The predicted octanol–water partition coefficient (Wildman–Crippen LogP) is 2.46. The van der Waals surface area contributed by atoms with E-state index in [4.69, 9.17) is 4.99 Å². The van der Waals surface area contributed by atoms with Gasteiger partial charge in [0.15, 0.2) is 5.17 Å². The zero-order chi connectivity index (χ0) is 10.5. The number of hydrogen-bond donors (Lipinski definition) is 0. The summed E-state index contributed by atoms with van der Waals surface area (Å²) in [4.78, 5) is 7.40. The van der Waals surface area contributed by atoms with Crippen LogP contribution in [0, 0.1) is 0 Å². The second-order valence-electron chi connectivity index (χ2n) is 4.70. The van der Waals surface area contributed by atoms with Crippen molar-refractivity contribution in [2.75, 3.05) is 12.3 Å². The molecule has 1 aromatic rings. The van der Waals surface area contributed by atoms with Gasteiger partial charge in [0.25, 0.3) is 0 Å². The van der Waals surface area contributed by atoms with E-state index in [1.54, 1.807) is 0 Å². The van der Waals surface area contributed by atoms with Gasteiger partial charge in [-0.2, -0.15) is 0 Å². The number of aliphatic imine (C=N–C) groups is 1. The Morgan fingerprint density at radius 2 is 2.25 bits per heavy atom. The van der Waals surface area contributed by atoms with E-state index >= 15 is 0 Å². The highest BCUT2D eigenvalue weighted by molar-refractivity contribution is 8.14. The van der Waals surface area contributed by atoms with E-state index in [9.17, 15) is 0 Å². The molecule has 4 rings (SSSR count). The Morgan fingerprint density at radius 1 is 1.31 bits per heavy atom. The molecule has 2 aliphatic heterocycles. The largest absolute Gasteiger partial charge is 0.341 e. The van der Waals surface area contributed by atoms with Crippen molar-refractivity contribution in [1.82, 2.24) is 4.90 Å². The van der Waals surface area contributed by atoms with Crippen molar-refractivity contribution in [3.05, 3.63) is 35.4 Å². The lowest BCUT2D eigenvalue weighted by molar-refractivity contribution is 0.309. The highest BCUT2D eigenvalue weighted by Gasteiger charge is 2.42. The average molecular weight is 230 g/mol. The lowest BCUT2D eigenvalue weighted by atomic mass is 9.84. The number of aryl methyl sites for hydroxylation is 1. The maximum atomic E-state index is 4.88. The van der Waals surface area contributed by atoms with Crippen LogP contribution >= 0.6 is 11.8 Å². The number of hydrogen-bond acceptors (Lipinski definition) is 3. The first-order valence-corrected chi connectivity index (χ1v) is 6.97. The van der Waals surface area contributed by atoms with Crippen LogP contribution in [-0.4, -0.2) is 28.4 Å². The minimum absolute atomic E-state index is 0.526. The van der Waals surface area contributed by atoms with Gasteiger partial charge < -0.3 is 4.90 Å². The second kappa shape index (κ2) is 3.27. The zero-order valence-corrected chi connectivity index (χ0v) is 9.91. The fraction of sp³-hybridized carbons (Fsp3) is 0.462. The zero-order valence-electron chi connectivity index (χ0n) is 9.10. The van der Waals surface area contributed by atoms with Crippen molar-refractivity contribution in [2.45, 2.75) is 24.9 Å². The normalized spacial score (nSPS) is 30.8. The summed E-state index contributed by atoms with van der Waals surface area (Å²) in [6.07, 6.45) is 2.43. The van der Waals surface area contributed by atoms with Crippen LogP contribution in [0.1, 0.15) is 23.6 Å². The lowest BCUT2D eigenvalue weighted by Gasteiger charge is -2.32. The summed E-state index contributed by atoms with van der Waals surface area (Å²) >= 11 is 1.93. The van der Waals surface area contributed by atoms with Crippen molar-refractivity contribution in [2.24, 2.45) is 4.99 Å². The smallest absolute Gasteiger partial charge is 0.160 e. The lowest BCUT2D eigenvalue weighted by Crippen LogP contribution is -2.33. The Labute approximate surface area is 99.7 Å². The summed E-state index contributed by atoms with van der Waals surface area (Å²) in [5.74, 6) is 1.21. The van der Waals surface area contributed by atoms with E-state index in [0.717, 1.165) is 0 Å². The maximum absolute atomic E-state index is 4.88. The molecule has 0 radical (unpaired) electrons. The molecule has 2 nitrogen and oxygen atoms in total. The van der Waals surface area contributed by atoms with E-state index in [1.165, 1.54) is 41.4 Å². The first kappa shape index (κ1) is 9.11. The van der Waals surface area contributed by atoms with Crippen LogP contribution in [0.5, 0.6) is 0 Å². The van der Waals surface area contributed by atoms with Gasteiger partial charge in [0.1, 0.15) is 0 Å². The number of nitrogens with zero attached hydrogens (tertiary/aromatic N) is 2. The molecule has 0 amide bonds. The number of fused-ring (bicyclic) bond motifs is 5. The van der Waals surface area contributed by atoms with Gasteiger partial charge in [-0.25, -0.2) is 0 Å². The Bertz CT molecular complexity index is 469. The van der Waals surface area contributed by atoms with Crippen molar-refractivity contribution in [3.8, 4) is 0 Å². The van der Waals surface area contributed by atoms with Gasteiger partial charge in [0, 0.05) is 12.3 Å². The summed E-state index contributed by atoms with van der Waals surface area (Å²) in [5.41, 5.74) is 3.07. The van der Waals surface area contributed by atoms with Crippen LogP contribution in [0.2, 0.25) is 0 Å². The minimum Gasteiger partial charge on any atom is -0.341 e. The molecule has 82 valence electrons. The topological polar surface area (TPSA) is 15.6 Å². The quantitative estimate of drug-likeness (QED) is 0.680. The van der Waals surface area contributed by atoms with E-state index in [2.05, 4.69) is 29.2 Å². The first-order valence-electron chi connectivity index (χ1n) is 5.98. The standard InChI is InChI=1S/C13H14N2S/c1-2-4-10-9(3-1)5-6-11-12(10)15-7-8-16-13(15)14-11/h1-4,11-12H,5-8H2/t11-,12+/m1/s1. The Morgan fingerprint density at radius 3 is 3.25 bits per heavy atom. The molecule has 3 heteroatoms. The van der Waals surface area contributed by atoms with Gasteiger partial charge in [0.05, 0.1) is 12.1 Å². The summed E-state index contributed by atoms with van der Waals surface area (Å²) in [5, 5.41) is 1.30. The molecule has 1 aliphatic carbocycles. The molecule has 1 saturated heterocycles. The van der Waals surface area contributed by atoms with Gasteiger partial charge in [-0.1, -0.05) is 36.0 Å². The fourth-order valence-corrected chi connectivity index (χ4v) is 4.21. The molecule has 0 N–H and O–H groups in total. The third kappa shape index (κ3) is 1.12. The number of benzene rings is 1. The van der Waals surface area contributed by atoms with Gasteiger partial charge >= 0.3 is 0 Å².